The maximum absolute atomic E-state index is 10.2. The first-order chi connectivity index (χ1) is 7.26. The number of hydrogen-bond acceptors (Lipinski definition) is 5. The summed E-state index contributed by atoms with van der Waals surface area (Å²) >= 11 is 0. The maximum atomic E-state index is 10.2. The molecule has 1 aromatic rings. The molecular weight excluding hydrogens is 194 g/mol. The first-order valence-electron chi connectivity index (χ1n) is 5.52. The lowest BCUT2D eigenvalue weighted by Gasteiger charge is -2.14. The molecule has 2 heterocycles. The van der Waals surface area contributed by atoms with Crippen LogP contribution < -0.4 is 5.32 Å². The van der Waals surface area contributed by atoms with E-state index >= 15 is 0 Å². The van der Waals surface area contributed by atoms with Crippen molar-refractivity contribution in [3.63, 3.8) is 0 Å². The van der Waals surface area contributed by atoms with E-state index in [4.69, 9.17) is 4.52 Å². The highest BCUT2D eigenvalue weighted by Crippen LogP contribution is 2.32. The second kappa shape index (κ2) is 3.28. The molecule has 1 saturated heterocycles. The third-order valence-corrected chi connectivity index (χ3v) is 3.17. The molecule has 0 spiro atoms. The van der Waals surface area contributed by atoms with Gasteiger partial charge in [-0.2, -0.15) is 4.98 Å². The molecule has 15 heavy (non-hydrogen) atoms. The van der Waals surface area contributed by atoms with Gasteiger partial charge in [0, 0.05) is 13.0 Å². The quantitative estimate of drug-likeness (QED) is 0.744. The van der Waals surface area contributed by atoms with E-state index in [0.717, 1.165) is 24.7 Å². The normalized spacial score (nSPS) is 31.0. The van der Waals surface area contributed by atoms with Crippen molar-refractivity contribution in [3.8, 4) is 0 Å². The third-order valence-electron chi connectivity index (χ3n) is 3.17. The smallest absolute Gasteiger partial charge is 0.259 e. The summed E-state index contributed by atoms with van der Waals surface area (Å²) in [5.41, 5.74) is -0.936. The van der Waals surface area contributed by atoms with Crippen molar-refractivity contribution in [1.29, 1.82) is 0 Å². The molecule has 2 fully saturated rings. The van der Waals surface area contributed by atoms with E-state index in [9.17, 15) is 5.11 Å². The predicted octanol–water partition coefficient (Wildman–Crippen LogP) is 0.203. The van der Waals surface area contributed by atoms with Crippen molar-refractivity contribution in [2.45, 2.75) is 31.3 Å². The fourth-order valence-corrected chi connectivity index (χ4v) is 1.97. The van der Waals surface area contributed by atoms with Crippen LogP contribution in [0.4, 0.5) is 0 Å². The summed E-state index contributed by atoms with van der Waals surface area (Å²) in [6, 6.07) is 0. The number of aromatic nitrogens is 2. The lowest BCUT2D eigenvalue weighted by molar-refractivity contribution is 0.0243. The molecule has 0 bridgehead atoms. The minimum Gasteiger partial charge on any atom is -0.379 e. The van der Waals surface area contributed by atoms with E-state index in [0.29, 0.717) is 18.9 Å². The van der Waals surface area contributed by atoms with Crippen molar-refractivity contribution < 1.29 is 9.63 Å². The first kappa shape index (κ1) is 9.30. The second-order valence-corrected chi connectivity index (χ2v) is 4.62. The number of β-amino-alcohol motifs (C(OH)–C–C–N with tert-alkyl or cyclic N) is 1. The summed E-state index contributed by atoms with van der Waals surface area (Å²) in [5, 5.41) is 17.2. The van der Waals surface area contributed by atoms with Crippen LogP contribution in [0.15, 0.2) is 4.52 Å². The zero-order chi connectivity index (χ0) is 10.3. The zero-order valence-corrected chi connectivity index (χ0v) is 8.57. The van der Waals surface area contributed by atoms with E-state index in [1.54, 1.807) is 0 Å². The Balaban J connectivity index is 1.76. The molecule has 5 heteroatoms. The maximum Gasteiger partial charge on any atom is 0.259 e. The summed E-state index contributed by atoms with van der Waals surface area (Å²) < 4.78 is 5.13. The summed E-state index contributed by atoms with van der Waals surface area (Å²) in [5.74, 6) is 1.86. The van der Waals surface area contributed by atoms with Crippen molar-refractivity contribution in [2.75, 3.05) is 13.1 Å². The van der Waals surface area contributed by atoms with Crippen LogP contribution in [0.25, 0.3) is 0 Å². The molecular formula is C10H15N3O2. The first-order valence-corrected chi connectivity index (χ1v) is 5.52. The largest absolute Gasteiger partial charge is 0.379 e. The Labute approximate surface area is 87.9 Å². The van der Waals surface area contributed by atoms with Gasteiger partial charge in [0.15, 0.2) is 11.4 Å². The number of rotatable bonds is 3. The highest BCUT2D eigenvalue weighted by Gasteiger charge is 2.39. The van der Waals surface area contributed by atoms with Gasteiger partial charge in [-0.1, -0.05) is 5.16 Å². The number of nitrogens with zero attached hydrogens (tertiary/aromatic N) is 2. The second-order valence-electron chi connectivity index (χ2n) is 4.62. The van der Waals surface area contributed by atoms with Gasteiger partial charge in [-0.3, -0.25) is 0 Å². The Kier molecular flexibility index (Phi) is 2.03. The molecule has 1 saturated carbocycles. The Hall–Kier alpha value is -0.940. The van der Waals surface area contributed by atoms with E-state index in [-0.39, 0.29) is 0 Å². The minimum atomic E-state index is -0.936. The molecule has 1 atom stereocenters. The number of nitrogens with one attached hydrogen (secondary N) is 1. The standard InChI is InChI=1S/C10H15N3O2/c14-10(3-4-11-6-10)9-12-8(13-15-9)5-7-1-2-7/h7,11,14H,1-6H2. The van der Waals surface area contributed by atoms with Crippen LogP contribution in [0, 0.1) is 5.92 Å². The molecule has 1 aromatic heterocycles. The topological polar surface area (TPSA) is 71.2 Å². The van der Waals surface area contributed by atoms with Gasteiger partial charge in [-0.25, -0.2) is 0 Å². The SMILES string of the molecule is OC1(c2nc(CC3CC3)no2)CCNC1. The minimum absolute atomic E-state index is 0.378. The average molecular weight is 209 g/mol. The molecule has 3 rings (SSSR count). The van der Waals surface area contributed by atoms with Crippen molar-refractivity contribution in [1.82, 2.24) is 15.5 Å². The Bertz CT molecular complexity index is 353. The van der Waals surface area contributed by atoms with Crippen LogP contribution in [-0.4, -0.2) is 28.3 Å². The fraction of sp³-hybridized carbons (Fsp3) is 0.800. The lowest BCUT2D eigenvalue weighted by atomic mass is 10.0. The van der Waals surface area contributed by atoms with Crippen LogP contribution in [0.2, 0.25) is 0 Å². The molecule has 1 aliphatic heterocycles. The Morgan fingerprint density at radius 3 is 3.07 bits per heavy atom. The Morgan fingerprint density at radius 2 is 2.40 bits per heavy atom. The van der Waals surface area contributed by atoms with Gasteiger partial charge in [0.05, 0.1) is 0 Å². The molecule has 82 valence electrons. The predicted molar refractivity (Wildman–Crippen MR) is 52.1 cm³/mol. The van der Waals surface area contributed by atoms with Gasteiger partial charge in [-0.15, -0.1) is 0 Å². The molecule has 0 aromatic carbocycles. The molecule has 1 aliphatic carbocycles. The number of aliphatic hydroxyl groups is 1. The van der Waals surface area contributed by atoms with Gasteiger partial charge in [-0.05, 0) is 31.7 Å². The molecule has 1 unspecified atom stereocenters. The average Bonchev–Trinajstić information content (AvgIpc) is 2.73. The molecule has 2 N–H and O–H groups in total. The molecule has 2 aliphatic rings. The van der Waals surface area contributed by atoms with Gasteiger partial charge in [0.2, 0.25) is 0 Å². The lowest BCUT2D eigenvalue weighted by Crippen LogP contribution is -2.28. The third kappa shape index (κ3) is 1.77. The van der Waals surface area contributed by atoms with E-state index < -0.39 is 5.60 Å². The molecule has 0 radical (unpaired) electrons. The van der Waals surface area contributed by atoms with Gasteiger partial charge in [0.25, 0.3) is 5.89 Å². The van der Waals surface area contributed by atoms with E-state index in [1.165, 1.54) is 12.8 Å². The van der Waals surface area contributed by atoms with E-state index in [2.05, 4.69) is 15.5 Å². The summed E-state index contributed by atoms with van der Waals surface area (Å²) in [4.78, 5) is 4.28. The van der Waals surface area contributed by atoms with Gasteiger partial charge >= 0.3 is 0 Å². The monoisotopic (exact) mass is 209 g/mol. The fourth-order valence-electron chi connectivity index (χ4n) is 1.97. The van der Waals surface area contributed by atoms with E-state index in [1.807, 2.05) is 0 Å². The Morgan fingerprint density at radius 1 is 1.53 bits per heavy atom. The summed E-state index contributed by atoms with van der Waals surface area (Å²) in [6.45, 7) is 1.31. The van der Waals surface area contributed by atoms with Crippen molar-refractivity contribution >= 4 is 0 Å². The van der Waals surface area contributed by atoms with Crippen molar-refractivity contribution in [2.24, 2.45) is 5.92 Å². The highest BCUT2D eigenvalue weighted by molar-refractivity contribution is 5.04. The zero-order valence-electron chi connectivity index (χ0n) is 8.57. The van der Waals surface area contributed by atoms with Crippen molar-refractivity contribution in [3.05, 3.63) is 11.7 Å². The highest BCUT2D eigenvalue weighted by atomic mass is 16.5. The molecule has 5 nitrogen and oxygen atoms in total. The number of hydrogen-bond donors (Lipinski definition) is 2. The van der Waals surface area contributed by atoms with Crippen LogP contribution in [0.5, 0.6) is 0 Å². The molecule has 0 amide bonds. The summed E-state index contributed by atoms with van der Waals surface area (Å²) in [7, 11) is 0. The van der Waals surface area contributed by atoms with Crippen LogP contribution in [-0.2, 0) is 12.0 Å². The van der Waals surface area contributed by atoms with Crippen LogP contribution in [0.3, 0.4) is 0 Å². The van der Waals surface area contributed by atoms with Gasteiger partial charge in [0.1, 0.15) is 0 Å². The summed E-state index contributed by atoms with van der Waals surface area (Å²) in [6.07, 6.45) is 4.09. The van der Waals surface area contributed by atoms with Crippen LogP contribution >= 0.6 is 0 Å². The van der Waals surface area contributed by atoms with Gasteiger partial charge < -0.3 is 14.9 Å². The van der Waals surface area contributed by atoms with Crippen LogP contribution in [0.1, 0.15) is 31.0 Å².